The number of hydrogen-bond acceptors (Lipinski definition) is 2. The zero-order valence-electron chi connectivity index (χ0n) is 12.2. The normalized spacial score (nSPS) is 17.1. The van der Waals surface area contributed by atoms with Gasteiger partial charge in [0.15, 0.2) is 0 Å². The van der Waals surface area contributed by atoms with Gasteiger partial charge in [-0.1, -0.05) is 30.3 Å². The molecule has 0 aromatic heterocycles. The summed E-state index contributed by atoms with van der Waals surface area (Å²) in [6, 6.07) is 15.7. The van der Waals surface area contributed by atoms with E-state index in [1.54, 1.807) is 7.11 Å². The lowest BCUT2D eigenvalue weighted by atomic mass is 9.94. The van der Waals surface area contributed by atoms with E-state index in [2.05, 4.69) is 17.4 Å². The summed E-state index contributed by atoms with van der Waals surface area (Å²) in [5.74, 6) is 0.793. The first-order valence-electron chi connectivity index (χ1n) is 7.05. The number of nitrogens with one attached hydrogen (secondary N) is 1. The topological polar surface area (TPSA) is 41.6 Å². The van der Waals surface area contributed by atoms with Crippen LogP contribution in [0.1, 0.15) is 24.1 Å². The van der Waals surface area contributed by atoms with Gasteiger partial charge in [-0.25, -0.2) is 4.79 Å². The summed E-state index contributed by atoms with van der Waals surface area (Å²) >= 11 is 0. The first-order chi connectivity index (χ1) is 10.2. The number of urea groups is 1. The summed E-state index contributed by atoms with van der Waals surface area (Å²) in [6.07, 6.45) is 0. The second-order valence-electron chi connectivity index (χ2n) is 4.98. The predicted octanol–water partition coefficient (Wildman–Crippen LogP) is 3.65. The van der Waals surface area contributed by atoms with Crippen molar-refractivity contribution in [2.75, 3.05) is 19.0 Å². The Bertz CT molecular complexity index is 655. The summed E-state index contributed by atoms with van der Waals surface area (Å²) in [7, 11) is 1.65. The third kappa shape index (κ3) is 2.33. The molecule has 2 amide bonds. The number of rotatable bonds is 3. The summed E-state index contributed by atoms with van der Waals surface area (Å²) in [5.41, 5.74) is 3.00. The molecule has 1 aliphatic rings. The standard InChI is InChI=1S/C17H18N2O2/c1-3-19-16(12-7-5-4-6-8-12)14-11-13(21-2)9-10-15(14)18-17(19)20/h4-11,16H,3H2,1-2H3,(H,18,20). The molecule has 108 valence electrons. The number of carbonyl (C=O) groups is 1. The number of amides is 2. The van der Waals surface area contributed by atoms with Crippen LogP contribution in [0.2, 0.25) is 0 Å². The molecule has 0 bridgehead atoms. The molecule has 1 N–H and O–H groups in total. The highest BCUT2D eigenvalue weighted by molar-refractivity contribution is 5.93. The summed E-state index contributed by atoms with van der Waals surface area (Å²) in [5, 5.41) is 2.94. The molecule has 1 aliphatic heterocycles. The Morgan fingerprint density at radius 3 is 2.62 bits per heavy atom. The Morgan fingerprint density at radius 1 is 1.19 bits per heavy atom. The van der Waals surface area contributed by atoms with Crippen molar-refractivity contribution in [3.63, 3.8) is 0 Å². The highest BCUT2D eigenvalue weighted by Gasteiger charge is 2.32. The van der Waals surface area contributed by atoms with Gasteiger partial charge >= 0.3 is 6.03 Å². The smallest absolute Gasteiger partial charge is 0.322 e. The van der Waals surface area contributed by atoms with Crippen molar-refractivity contribution in [1.29, 1.82) is 0 Å². The van der Waals surface area contributed by atoms with E-state index < -0.39 is 0 Å². The van der Waals surface area contributed by atoms with Crippen LogP contribution in [0, 0.1) is 0 Å². The van der Waals surface area contributed by atoms with Crippen molar-refractivity contribution in [1.82, 2.24) is 4.90 Å². The first-order valence-corrected chi connectivity index (χ1v) is 7.05. The molecule has 1 unspecified atom stereocenters. The van der Waals surface area contributed by atoms with Gasteiger partial charge in [0.2, 0.25) is 0 Å². The lowest BCUT2D eigenvalue weighted by molar-refractivity contribution is 0.198. The Morgan fingerprint density at radius 2 is 1.95 bits per heavy atom. The van der Waals surface area contributed by atoms with Crippen molar-refractivity contribution in [2.45, 2.75) is 13.0 Å². The largest absolute Gasteiger partial charge is 0.497 e. The van der Waals surface area contributed by atoms with Gasteiger partial charge < -0.3 is 15.0 Å². The maximum absolute atomic E-state index is 12.3. The number of benzene rings is 2. The van der Waals surface area contributed by atoms with Gasteiger partial charge in [-0.3, -0.25) is 0 Å². The maximum Gasteiger partial charge on any atom is 0.322 e. The molecule has 4 heteroatoms. The molecule has 1 heterocycles. The van der Waals surface area contributed by atoms with Gasteiger partial charge in [-0.15, -0.1) is 0 Å². The minimum absolute atomic E-state index is 0.0657. The molecule has 0 saturated heterocycles. The average molecular weight is 282 g/mol. The molecular weight excluding hydrogens is 264 g/mol. The number of hydrogen-bond donors (Lipinski definition) is 1. The van der Waals surface area contributed by atoms with Gasteiger partial charge in [0.25, 0.3) is 0 Å². The maximum atomic E-state index is 12.3. The predicted molar refractivity (Wildman–Crippen MR) is 82.7 cm³/mol. The lowest BCUT2D eigenvalue weighted by Crippen LogP contribution is -2.42. The van der Waals surface area contributed by atoms with Crippen molar-refractivity contribution in [3.8, 4) is 5.75 Å². The van der Waals surface area contributed by atoms with Crippen molar-refractivity contribution in [2.24, 2.45) is 0 Å². The van der Waals surface area contributed by atoms with Gasteiger partial charge in [0.05, 0.1) is 13.2 Å². The molecular formula is C17H18N2O2. The third-order valence-corrected chi connectivity index (χ3v) is 3.82. The van der Waals surface area contributed by atoms with Crippen LogP contribution < -0.4 is 10.1 Å². The average Bonchev–Trinajstić information content (AvgIpc) is 2.54. The zero-order chi connectivity index (χ0) is 14.8. The van der Waals surface area contributed by atoms with Crippen LogP contribution >= 0.6 is 0 Å². The fourth-order valence-corrected chi connectivity index (χ4v) is 2.80. The van der Waals surface area contributed by atoms with E-state index in [1.807, 2.05) is 48.2 Å². The Labute approximate surface area is 124 Å². The minimum atomic E-state index is -0.0879. The zero-order valence-corrected chi connectivity index (χ0v) is 12.2. The fourth-order valence-electron chi connectivity index (χ4n) is 2.80. The SMILES string of the molecule is CCN1C(=O)Nc2ccc(OC)cc2C1c1ccccc1. The minimum Gasteiger partial charge on any atom is -0.497 e. The third-order valence-electron chi connectivity index (χ3n) is 3.82. The van der Waals surface area contributed by atoms with E-state index in [0.29, 0.717) is 6.54 Å². The Balaban J connectivity index is 2.16. The molecule has 2 aromatic rings. The highest BCUT2D eigenvalue weighted by Crippen LogP contribution is 2.39. The second kappa shape index (κ2) is 5.48. The molecule has 4 nitrogen and oxygen atoms in total. The van der Waals surface area contributed by atoms with Gasteiger partial charge in [0.1, 0.15) is 5.75 Å². The van der Waals surface area contributed by atoms with Crippen molar-refractivity contribution >= 4 is 11.7 Å². The molecule has 0 radical (unpaired) electrons. The monoisotopic (exact) mass is 282 g/mol. The van der Waals surface area contributed by atoms with E-state index in [-0.39, 0.29) is 12.1 Å². The van der Waals surface area contributed by atoms with Crippen LogP contribution in [0.5, 0.6) is 5.75 Å². The van der Waals surface area contributed by atoms with Crippen LogP contribution in [-0.2, 0) is 0 Å². The van der Waals surface area contributed by atoms with Crippen molar-refractivity contribution in [3.05, 3.63) is 59.7 Å². The number of ether oxygens (including phenoxy) is 1. The van der Waals surface area contributed by atoms with E-state index in [9.17, 15) is 4.79 Å². The van der Waals surface area contributed by atoms with E-state index in [4.69, 9.17) is 4.74 Å². The highest BCUT2D eigenvalue weighted by atomic mass is 16.5. The molecule has 1 atom stereocenters. The Kier molecular flexibility index (Phi) is 3.52. The Hall–Kier alpha value is -2.49. The number of anilines is 1. The summed E-state index contributed by atoms with van der Waals surface area (Å²) < 4.78 is 5.33. The number of fused-ring (bicyclic) bond motifs is 1. The van der Waals surface area contributed by atoms with Crippen LogP contribution in [0.25, 0.3) is 0 Å². The second-order valence-corrected chi connectivity index (χ2v) is 4.98. The van der Waals surface area contributed by atoms with Gasteiger partial charge in [-0.2, -0.15) is 0 Å². The molecule has 3 rings (SSSR count). The van der Waals surface area contributed by atoms with E-state index in [0.717, 1.165) is 22.6 Å². The molecule has 0 spiro atoms. The van der Waals surface area contributed by atoms with E-state index >= 15 is 0 Å². The summed E-state index contributed by atoms with van der Waals surface area (Å²) in [6.45, 7) is 2.63. The van der Waals surface area contributed by atoms with Gasteiger partial charge in [-0.05, 0) is 30.7 Å². The van der Waals surface area contributed by atoms with Crippen molar-refractivity contribution < 1.29 is 9.53 Å². The molecule has 0 aliphatic carbocycles. The van der Waals surface area contributed by atoms with Crippen LogP contribution in [0.4, 0.5) is 10.5 Å². The van der Waals surface area contributed by atoms with Crippen LogP contribution in [0.3, 0.4) is 0 Å². The molecule has 0 fully saturated rings. The van der Waals surface area contributed by atoms with Crippen LogP contribution in [0.15, 0.2) is 48.5 Å². The summed E-state index contributed by atoms with van der Waals surface area (Å²) in [4.78, 5) is 14.1. The first kappa shape index (κ1) is 13.5. The molecule has 21 heavy (non-hydrogen) atoms. The molecule has 0 saturated carbocycles. The quantitative estimate of drug-likeness (QED) is 0.933. The fraction of sp³-hybridized carbons (Fsp3) is 0.235. The number of carbonyl (C=O) groups excluding carboxylic acids is 1. The number of methoxy groups -OCH3 is 1. The van der Waals surface area contributed by atoms with Crippen LogP contribution in [-0.4, -0.2) is 24.6 Å². The lowest BCUT2D eigenvalue weighted by Gasteiger charge is -2.37. The van der Waals surface area contributed by atoms with E-state index in [1.165, 1.54) is 0 Å². The number of nitrogens with zero attached hydrogens (tertiary/aromatic N) is 1. The molecule has 2 aromatic carbocycles. The van der Waals surface area contributed by atoms with Gasteiger partial charge in [0, 0.05) is 17.8 Å².